The number of hydrogen-bond acceptors (Lipinski definition) is 3. The molecule has 76 valence electrons. The number of nitrogens with zero attached hydrogens (tertiary/aromatic N) is 5. The second-order valence-corrected chi connectivity index (χ2v) is 3.70. The molecule has 0 aromatic carbocycles. The topological polar surface area (TPSA) is 63.0 Å². The molecule has 3 aromatic rings. The Labute approximate surface area is 85.6 Å². The minimum atomic E-state index is 0.647. The Kier molecular flexibility index (Phi) is 1.41. The Balaban J connectivity index is 2.57. The highest BCUT2D eigenvalue weighted by Gasteiger charge is 2.19. The molecule has 6 nitrogen and oxygen atoms in total. The molecular weight excluding hydrogens is 192 g/mol. The second-order valence-electron chi connectivity index (χ2n) is 3.70. The predicted octanol–water partition coefficient (Wildman–Crippen LogP) is 0.116. The summed E-state index contributed by atoms with van der Waals surface area (Å²) in [5, 5.41) is 7.45. The lowest BCUT2D eigenvalue weighted by molar-refractivity contribution is -0.553. The molecule has 0 unspecified atom stereocenters. The van der Waals surface area contributed by atoms with Crippen molar-refractivity contribution in [2.75, 3.05) is 0 Å². The number of hydrogen-bond donors (Lipinski definition) is 1. The van der Waals surface area contributed by atoms with Crippen molar-refractivity contribution in [2.45, 2.75) is 20.8 Å². The van der Waals surface area contributed by atoms with E-state index in [4.69, 9.17) is 0 Å². The normalized spacial score (nSPS) is 11.7. The molecule has 0 radical (unpaired) electrons. The van der Waals surface area contributed by atoms with Crippen LogP contribution in [-0.4, -0.2) is 24.7 Å². The molecule has 3 rings (SSSR count). The number of aryl methyl sites for hydroxylation is 3. The summed E-state index contributed by atoms with van der Waals surface area (Å²) in [6.07, 6.45) is 0. The maximum absolute atomic E-state index is 4.43. The van der Waals surface area contributed by atoms with E-state index in [-0.39, 0.29) is 0 Å². The van der Waals surface area contributed by atoms with Crippen molar-refractivity contribution in [3.8, 4) is 0 Å². The Morgan fingerprint density at radius 2 is 2.07 bits per heavy atom. The first kappa shape index (κ1) is 8.34. The highest BCUT2D eigenvalue weighted by molar-refractivity contribution is 5.30. The first-order valence-corrected chi connectivity index (χ1v) is 4.76. The van der Waals surface area contributed by atoms with Gasteiger partial charge in [0.2, 0.25) is 0 Å². The van der Waals surface area contributed by atoms with Gasteiger partial charge in [-0.3, -0.25) is 0 Å². The monoisotopic (exact) mass is 203 g/mol. The summed E-state index contributed by atoms with van der Waals surface area (Å²) in [5.74, 6) is 2.25. The van der Waals surface area contributed by atoms with Crippen molar-refractivity contribution < 1.29 is 4.52 Å². The first-order valence-electron chi connectivity index (χ1n) is 4.76. The van der Waals surface area contributed by atoms with E-state index in [1.807, 2.05) is 26.8 Å². The first-order chi connectivity index (χ1) is 7.15. The summed E-state index contributed by atoms with van der Waals surface area (Å²) >= 11 is 0. The minimum Gasteiger partial charge on any atom is -0.236 e. The van der Waals surface area contributed by atoms with Crippen LogP contribution in [0.25, 0.3) is 11.6 Å². The molecule has 0 amide bonds. The van der Waals surface area contributed by atoms with Crippen molar-refractivity contribution in [1.29, 1.82) is 0 Å². The van der Waals surface area contributed by atoms with Crippen LogP contribution in [0.4, 0.5) is 0 Å². The van der Waals surface area contributed by atoms with E-state index in [1.165, 1.54) is 0 Å². The zero-order valence-corrected chi connectivity index (χ0v) is 8.81. The molecule has 0 aliphatic carbocycles. The fourth-order valence-corrected chi connectivity index (χ4v) is 1.76. The lowest BCUT2D eigenvalue weighted by atomic mass is 10.4. The molecule has 0 aliphatic heterocycles. The zero-order valence-electron chi connectivity index (χ0n) is 8.81. The van der Waals surface area contributed by atoms with E-state index >= 15 is 0 Å². The van der Waals surface area contributed by atoms with Crippen LogP contribution in [-0.2, 0) is 0 Å². The van der Waals surface area contributed by atoms with E-state index < -0.39 is 0 Å². The van der Waals surface area contributed by atoms with Crippen LogP contribution in [0, 0.1) is 20.8 Å². The van der Waals surface area contributed by atoms with Crippen molar-refractivity contribution in [2.24, 2.45) is 0 Å². The van der Waals surface area contributed by atoms with Crippen LogP contribution < -0.4 is 4.52 Å². The molecule has 3 heterocycles. The summed E-state index contributed by atoms with van der Waals surface area (Å²) < 4.78 is 3.57. The highest BCUT2D eigenvalue weighted by Crippen LogP contribution is 2.03. The molecule has 0 fully saturated rings. The van der Waals surface area contributed by atoms with E-state index in [9.17, 15) is 0 Å². The molecule has 1 N–H and O–H groups in total. The molecule has 3 aromatic heterocycles. The number of rotatable bonds is 0. The molecule has 0 saturated carbocycles. The number of H-pyrrole nitrogens is 1. The van der Waals surface area contributed by atoms with Crippen molar-refractivity contribution in [3.05, 3.63) is 23.3 Å². The lowest BCUT2D eigenvalue weighted by Crippen LogP contribution is -2.23. The maximum Gasteiger partial charge on any atom is 0.407 e. The summed E-state index contributed by atoms with van der Waals surface area (Å²) in [4.78, 5) is 8.69. The maximum atomic E-state index is 4.43. The van der Waals surface area contributed by atoms with Gasteiger partial charge in [0.15, 0.2) is 5.82 Å². The van der Waals surface area contributed by atoms with Crippen LogP contribution >= 0.6 is 0 Å². The zero-order chi connectivity index (χ0) is 10.6. The molecule has 15 heavy (non-hydrogen) atoms. The van der Waals surface area contributed by atoms with Crippen LogP contribution in [0.2, 0.25) is 0 Å². The van der Waals surface area contributed by atoms with Gasteiger partial charge >= 0.3 is 11.6 Å². The Hall–Kier alpha value is -1.98. The van der Waals surface area contributed by atoms with Crippen molar-refractivity contribution in [3.63, 3.8) is 0 Å². The van der Waals surface area contributed by atoms with Gasteiger partial charge in [0.1, 0.15) is 0 Å². The van der Waals surface area contributed by atoms with Crippen molar-refractivity contribution >= 4 is 11.6 Å². The largest absolute Gasteiger partial charge is 0.407 e. The number of aromatic amines is 1. The van der Waals surface area contributed by atoms with E-state index in [0.717, 1.165) is 23.0 Å². The van der Waals surface area contributed by atoms with Gasteiger partial charge in [-0.15, -0.1) is 19.0 Å². The van der Waals surface area contributed by atoms with E-state index in [2.05, 4.69) is 20.2 Å². The third-order valence-corrected chi connectivity index (χ3v) is 2.35. The van der Waals surface area contributed by atoms with Gasteiger partial charge in [0.05, 0.1) is 11.4 Å². The SMILES string of the molecule is Cc1cc(C)n2nc3nc(C)[nH][n+]3c2n1. The average Bonchev–Trinajstić information content (AvgIpc) is 2.63. The highest BCUT2D eigenvalue weighted by atomic mass is 15.5. The van der Waals surface area contributed by atoms with Crippen LogP contribution in [0.1, 0.15) is 17.2 Å². The van der Waals surface area contributed by atoms with Gasteiger partial charge < -0.3 is 0 Å². The fourth-order valence-electron chi connectivity index (χ4n) is 1.76. The Bertz CT molecular complexity index is 662. The summed E-state index contributed by atoms with van der Waals surface area (Å²) in [7, 11) is 0. The van der Waals surface area contributed by atoms with Gasteiger partial charge in [-0.1, -0.05) is 0 Å². The molecule has 0 atom stereocenters. The van der Waals surface area contributed by atoms with Gasteiger partial charge in [0.25, 0.3) is 0 Å². The lowest BCUT2D eigenvalue weighted by Gasteiger charge is -1.92. The fraction of sp³-hybridized carbons (Fsp3) is 0.333. The van der Waals surface area contributed by atoms with Gasteiger partial charge in [-0.2, -0.15) is 0 Å². The van der Waals surface area contributed by atoms with Crippen LogP contribution in [0.3, 0.4) is 0 Å². The van der Waals surface area contributed by atoms with E-state index in [1.54, 1.807) is 9.03 Å². The molecular formula is C9H11N6+. The van der Waals surface area contributed by atoms with Crippen LogP contribution in [0.15, 0.2) is 6.07 Å². The average molecular weight is 203 g/mol. The standard InChI is InChI=1S/C9H11N6/c1-5-4-6(2)14-9(10-5)15-8(13-14)11-7(3)12-15/h4H,1-3H3,(H,11,12,13)/q+1. The van der Waals surface area contributed by atoms with E-state index in [0.29, 0.717) is 5.78 Å². The quantitative estimate of drug-likeness (QED) is 0.528. The number of fused-ring (bicyclic) bond motifs is 3. The molecule has 6 heteroatoms. The van der Waals surface area contributed by atoms with Gasteiger partial charge in [-0.25, -0.2) is 5.10 Å². The van der Waals surface area contributed by atoms with Gasteiger partial charge in [0, 0.05) is 18.1 Å². The Morgan fingerprint density at radius 1 is 1.27 bits per heavy atom. The molecule has 0 aliphatic rings. The number of aromatic nitrogens is 6. The smallest absolute Gasteiger partial charge is 0.236 e. The summed E-state index contributed by atoms with van der Waals surface area (Å²) in [6, 6.07) is 1.99. The molecule has 0 spiro atoms. The number of nitrogens with one attached hydrogen (secondary N) is 1. The summed E-state index contributed by atoms with van der Waals surface area (Å²) in [6.45, 7) is 5.87. The Morgan fingerprint density at radius 3 is 2.87 bits per heavy atom. The minimum absolute atomic E-state index is 0.647. The van der Waals surface area contributed by atoms with Crippen molar-refractivity contribution in [1.82, 2.24) is 24.7 Å². The van der Waals surface area contributed by atoms with Gasteiger partial charge in [-0.05, 0) is 13.8 Å². The third-order valence-electron chi connectivity index (χ3n) is 2.35. The second kappa shape index (κ2) is 2.53. The molecule has 0 saturated heterocycles. The molecule has 0 bridgehead atoms. The predicted molar refractivity (Wildman–Crippen MR) is 52.5 cm³/mol. The third kappa shape index (κ3) is 1.04. The van der Waals surface area contributed by atoms with Crippen LogP contribution in [0.5, 0.6) is 0 Å². The summed E-state index contributed by atoms with van der Waals surface area (Å²) in [5.41, 5.74) is 2.02.